The van der Waals surface area contributed by atoms with Crippen molar-refractivity contribution in [3.8, 4) is 0 Å². The van der Waals surface area contributed by atoms with Crippen molar-refractivity contribution < 1.29 is 0 Å². The van der Waals surface area contributed by atoms with Crippen LogP contribution in [0.4, 0.5) is 0 Å². The summed E-state index contributed by atoms with van der Waals surface area (Å²) in [5.74, 6) is 0.585. The van der Waals surface area contributed by atoms with Crippen molar-refractivity contribution in [3.05, 3.63) is 0 Å². The maximum Gasteiger partial charge on any atom is 0.275 e. The first kappa shape index (κ1) is 7.09. The van der Waals surface area contributed by atoms with Gasteiger partial charge < -0.3 is 0 Å². The van der Waals surface area contributed by atoms with E-state index in [9.17, 15) is 0 Å². The summed E-state index contributed by atoms with van der Waals surface area (Å²) < 4.78 is 0. The van der Waals surface area contributed by atoms with E-state index in [-0.39, 0.29) is 0 Å². The Balaban J connectivity index is 2.63. The highest BCUT2D eigenvalue weighted by atomic mass is 35.7. The molecule has 0 aromatic carbocycles. The SMILES string of the molecule is ClCC[Si](Cl)Cl. The predicted molar refractivity (Wildman–Crippen MR) is 33.0 cm³/mol. The van der Waals surface area contributed by atoms with Crippen LogP contribution in [0.5, 0.6) is 0 Å². The lowest BCUT2D eigenvalue weighted by Gasteiger charge is -1.85. The molecule has 0 aliphatic heterocycles. The van der Waals surface area contributed by atoms with Crippen LogP contribution in [0.1, 0.15) is 0 Å². The topological polar surface area (TPSA) is 0 Å². The fourth-order valence-electron chi connectivity index (χ4n) is 0.0714. The van der Waals surface area contributed by atoms with Crippen molar-refractivity contribution >= 4 is 41.2 Å². The Hall–Kier alpha value is 1.09. The minimum absolute atomic E-state index is 0.585. The molecular weight excluding hydrogens is 158 g/mol. The van der Waals surface area contributed by atoms with Gasteiger partial charge in [-0.3, -0.25) is 0 Å². The first-order valence-corrected chi connectivity index (χ1v) is 5.76. The van der Waals surface area contributed by atoms with Crippen molar-refractivity contribution in [2.75, 3.05) is 5.88 Å². The minimum atomic E-state index is -1.07. The lowest BCUT2D eigenvalue weighted by Crippen LogP contribution is -1.90. The monoisotopic (exact) mass is 161 g/mol. The van der Waals surface area contributed by atoms with Gasteiger partial charge in [0.2, 0.25) is 0 Å². The lowest BCUT2D eigenvalue weighted by molar-refractivity contribution is 1.48. The van der Waals surface area contributed by atoms with Gasteiger partial charge in [0.05, 0.1) is 0 Å². The summed E-state index contributed by atoms with van der Waals surface area (Å²) in [5, 5.41) is 0. The third-order valence-electron chi connectivity index (χ3n) is 0.283. The van der Waals surface area contributed by atoms with E-state index in [1.807, 2.05) is 0 Å². The molecule has 0 N–H and O–H groups in total. The molecule has 37 valence electrons. The number of halogens is 3. The maximum atomic E-state index is 5.36. The molecule has 4 heteroatoms. The quantitative estimate of drug-likeness (QED) is 0.332. The zero-order valence-electron chi connectivity index (χ0n) is 3.05. The van der Waals surface area contributed by atoms with E-state index < -0.39 is 7.42 Å². The molecule has 0 bridgehead atoms. The molecule has 0 atom stereocenters. The molecule has 0 heterocycles. The van der Waals surface area contributed by atoms with Crippen LogP contribution in [0.15, 0.2) is 0 Å². The van der Waals surface area contributed by atoms with Crippen molar-refractivity contribution in [1.29, 1.82) is 0 Å². The zero-order chi connectivity index (χ0) is 4.99. The average Bonchev–Trinajstić information content (AvgIpc) is 1.35. The third-order valence-corrected chi connectivity index (χ3v) is 2.55. The normalized spacial score (nSPS) is 10.0. The second-order valence-corrected chi connectivity index (χ2v) is 5.65. The fraction of sp³-hybridized carbons (Fsp3) is 1.00. The van der Waals surface area contributed by atoms with Gasteiger partial charge in [-0.15, -0.1) is 33.8 Å². The smallest absolute Gasteiger partial charge is 0.147 e. The standard InChI is InChI=1S/C2H4Cl3Si/c3-1-2-6(4)5/h1-2H2. The largest absolute Gasteiger partial charge is 0.275 e. The Morgan fingerprint density at radius 1 is 1.33 bits per heavy atom. The summed E-state index contributed by atoms with van der Waals surface area (Å²) in [4.78, 5) is 0. The molecule has 0 aromatic rings. The molecular formula is C2H4Cl3Si. The first-order chi connectivity index (χ1) is 2.77. The van der Waals surface area contributed by atoms with E-state index in [2.05, 4.69) is 0 Å². The summed E-state index contributed by atoms with van der Waals surface area (Å²) in [6.45, 7) is 0. The van der Waals surface area contributed by atoms with E-state index in [1.54, 1.807) is 0 Å². The second-order valence-electron chi connectivity index (χ2n) is 0.778. The van der Waals surface area contributed by atoms with Gasteiger partial charge in [0.25, 0.3) is 7.42 Å². The van der Waals surface area contributed by atoms with E-state index in [1.165, 1.54) is 0 Å². The van der Waals surface area contributed by atoms with Crippen molar-refractivity contribution in [2.45, 2.75) is 6.04 Å². The van der Waals surface area contributed by atoms with E-state index in [4.69, 9.17) is 33.8 Å². The molecule has 0 aromatic heterocycles. The number of hydrogen-bond acceptors (Lipinski definition) is 0. The molecule has 1 radical (unpaired) electrons. The van der Waals surface area contributed by atoms with E-state index in [0.717, 1.165) is 6.04 Å². The zero-order valence-corrected chi connectivity index (χ0v) is 6.32. The van der Waals surface area contributed by atoms with Crippen LogP contribution in [0.3, 0.4) is 0 Å². The van der Waals surface area contributed by atoms with Crippen LogP contribution in [0.2, 0.25) is 6.04 Å². The van der Waals surface area contributed by atoms with Crippen LogP contribution >= 0.6 is 33.8 Å². The van der Waals surface area contributed by atoms with Gasteiger partial charge in [-0.1, -0.05) is 0 Å². The molecule has 0 spiro atoms. The second kappa shape index (κ2) is 4.25. The van der Waals surface area contributed by atoms with Gasteiger partial charge in [-0.05, 0) is 6.04 Å². The number of hydrogen-bond donors (Lipinski definition) is 0. The van der Waals surface area contributed by atoms with Gasteiger partial charge in [0, 0.05) is 5.88 Å². The fourth-order valence-corrected chi connectivity index (χ4v) is 1.93. The van der Waals surface area contributed by atoms with Crippen LogP contribution in [-0.4, -0.2) is 13.3 Å². The van der Waals surface area contributed by atoms with E-state index in [0.29, 0.717) is 5.88 Å². The highest BCUT2D eigenvalue weighted by Gasteiger charge is 1.98. The molecule has 0 saturated heterocycles. The first-order valence-electron chi connectivity index (χ1n) is 1.50. The molecule has 0 unspecified atom stereocenters. The van der Waals surface area contributed by atoms with Crippen molar-refractivity contribution in [1.82, 2.24) is 0 Å². The van der Waals surface area contributed by atoms with Gasteiger partial charge >= 0.3 is 0 Å². The lowest BCUT2D eigenvalue weighted by atomic mass is 11.0. The van der Waals surface area contributed by atoms with Gasteiger partial charge in [0.1, 0.15) is 0 Å². The third kappa shape index (κ3) is 5.09. The molecule has 0 aliphatic carbocycles. The highest BCUT2D eigenvalue weighted by molar-refractivity contribution is 7.33. The van der Waals surface area contributed by atoms with Crippen LogP contribution < -0.4 is 0 Å². The molecule has 0 amide bonds. The van der Waals surface area contributed by atoms with E-state index >= 15 is 0 Å². The number of rotatable bonds is 2. The Kier molecular flexibility index (Phi) is 5.02. The van der Waals surface area contributed by atoms with Gasteiger partial charge in [-0.25, -0.2) is 0 Å². The van der Waals surface area contributed by atoms with Gasteiger partial charge in [-0.2, -0.15) is 0 Å². The number of alkyl halides is 1. The predicted octanol–water partition coefficient (Wildman–Crippen LogP) is 2.19. The van der Waals surface area contributed by atoms with Gasteiger partial charge in [0.15, 0.2) is 0 Å². The Morgan fingerprint density at radius 2 is 1.83 bits per heavy atom. The Morgan fingerprint density at radius 3 is 1.83 bits per heavy atom. The Bertz CT molecular complexity index is 30.0. The Labute approximate surface area is 53.4 Å². The van der Waals surface area contributed by atoms with Crippen LogP contribution in [0.25, 0.3) is 0 Å². The molecule has 0 aliphatic rings. The summed E-state index contributed by atoms with van der Waals surface area (Å²) in [7, 11) is -1.07. The minimum Gasteiger partial charge on any atom is -0.147 e. The molecule has 0 rings (SSSR count). The molecule has 0 saturated carbocycles. The summed E-state index contributed by atoms with van der Waals surface area (Å²) in [6, 6.07) is 0.773. The van der Waals surface area contributed by atoms with Crippen LogP contribution in [-0.2, 0) is 0 Å². The molecule has 0 fully saturated rings. The molecule has 0 nitrogen and oxygen atoms in total. The highest BCUT2D eigenvalue weighted by Crippen LogP contribution is 2.02. The summed E-state index contributed by atoms with van der Waals surface area (Å²) in [5.41, 5.74) is 0. The van der Waals surface area contributed by atoms with Crippen LogP contribution in [0, 0.1) is 0 Å². The summed E-state index contributed by atoms with van der Waals surface area (Å²) >= 11 is 16.0. The van der Waals surface area contributed by atoms with Crippen molar-refractivity contribution in [3.63, 3.8) is 0 Å². The maximum absolute atomic E-state index is 5.36. The molecule has 6 heavy (non-hydrogen) atoms. The van der Waals surface area contributed by atoms with Crippen molar-refractivity contribution in [2.24, 2.45) is 0 Å². The average molecular weight is 162 g/mol. The summed E-state index contributed by atoms with van der Waals surface area (Å²) in [6.07, 6.45) is 0.